The maximum absolute atomic E-state index is 4.89. The minimum atomic E-state index is 1.03. The Morgan fingerprint density at radius 1 is 0.581 bits per heavy atom. The molecule has 62 heavy (non-hydrogen) atoms. The van der Waals surface area contributed by atoms with Crippen molar-refractivity contribution in [3.63, 3.8) is 0 Å². The quantitative estimate of drug-likeness (QED) is 0.145. The molecule has 7 aromatic carbocycles. The highest BCUT2D eigenvalue weighted by atomic mass is 15.1. The SMILES string of the molecule is C=Cc1c(/C=C\C)n(-c2cc(-c3cncc(-c4ccc(N(c5ccccc5)c5cccc6ccccc56)cc4)c3)cc(-n3c4c(c5ccccc53)CCC=C4)c2)c2ccccc12. The van der Waals surface area contributed by atoms with Crippen molar-refractivity contribution in [1.82, 2.24) is 14.1 Å². The first-order chi connectivity index (χ1) is 30.7. The maximum Gasteiger partial charge on any atom is 0.0541 e. The van der Waals surface area contributed by atoms with Crippen LogP contribution in [0.1, 0.15) is 35.9 Å². The summed E-state index contributed by atoms with van der Waals surface area (Å²) in [5.41, 5.74) is 17.0. The molecule has 0 radical (unpaired) electrons. The zero-order chi connectivity index (χ0) is 41.6. The molecule has 0 bridgehead atoms. The number of rotatable bonds is 9. The molecule has 0 N–H and O–H groups in total. The lowest BCUT2D eigenvalue weighted by molar-refractivity contribution is 0.966. The monoisotopic (exact) mass is 796 g/mol. The topological polar surface area (TPSA) is 26.0 Å². The largest absolute Gasteiger partial charge is 0.310 e. The Bertz CT molecular complexity index is 3370. The number of benzene rings is 7. The number of nitrogens with zero attached hydrogens (tertiary/aromatic N) is 4. The predicted molar refractivity (Wildman–Crippen MR) is 263 cm³/mol. The fraction of sp³-hybridized carbons (Fsp3) is 0.0517. The van der Waals surface area contributed by atoms with Gasteiger partial charge in [0, 0.05) is 73.7 Å². The van der Waals surface area contributed by atoms with Crippen LogP contribution in [-0.2, 0) is 6.42 Å². The molecular formula is C58H44N4. The number of fused-ring (bicyclic) bond motifs is 5. The molecule has 0 fully saturated rings. The van der Waals surface area contributed by atoms with Crippen LogP contribution in [0.3, 0.4) is 0 Å². The highest BCUT2D eigenvalue weighted by molar-refractivity contribution is 5.99. The van der Waals surface area contributed by atoms with Crippen LogP contribution in [0, 0.1) is 0 Å². The molecule has 0 spiro atoms. The minimum Gasteiger partial charge on any atom is -0.310 e. The van der Waals surface area contributed by atoms with E-state index in [9.17, 15) is 0 Å². The summed E-state index contributed by atoms with van der Waals surface area (Å²) in [6.45, 7) is 6.34. The van der Waals surface area contributed by atoms with Gasteiger partial charge >= 0.3 is 0 Å². The van der Waals surface area contributed by atoms with Gasteiger partial charge in [-0.1, -0.05) is 128 Å². The molecule has 0 unspecified atom stereocenters. The summed E-state index contributed by atoms with van der Waals surface area (Å²) in [7, 11) is 0. The van der Waals surface area contributed by atoms with Gasteiger partial charge in [0.25, 0.3) is 0 Å². The summed E-state index contributed by atoms with van der Waals surface area (Å²) in [6.07, 6.45) is 17.0. The van der Waals surface area contributed by atoms with E-state index < -0.39 is 0 Å². The van der Waals surface area contributed by atoms with E-state index in [1.165, 1.54) is 38.3 Å². The zero-order valence-electron chi connectivity index (χ0n) is 34.6. The fourth-order valence-corrected chi connectivity index (χ4v) is 9.55. The highest BCUT2D eigenvalue weighted by Gasteiger charge is 2.22. The molecule has 0 atom stereocenters. The van der Waals surface area contributed by atoms with Crippen LogP contribution in [0.25, 0.3) is 84.4 Å². The third-order valence-corrected chi connectivity index (χ3v) is 12.3. The first-order valence-corrected chi connectivity index (χ1v) is 21.4. The van der Waals surface area contributed by atoms with Crippen LogP contribution >= 0.6 is 0 Å². The van der Waals surface area contributed by atoms with E-state index in [0.717, 1.165) is 80.3 Å². The van der Waals surface area contributed by atoms with Gasteiger partial charge in [0.2, 0.25) is 0 Å². The number of anilines is 3. The molecule has 0 amide bonds. The second-order valence-electron chi connectivity index (χ2n) is 15.9. The number of hydrogen-bond donors (Lipinski definition) is 0. The van der Waals surface area contributed by atoms with Crippen LogP contribution in [0.15, 0.2) is 201 Å². The lowest BCUT2D eigenvalue weighted by atomic mass is 10.00. The average Bonchev–Trinajstić information content (AvgIpc) is 3.84. The van der Waals surface area contributed by atoms with E-state index in [-0.39, 0.29) is 0 Å². The first kappa shape index (κ1) is 37.1. The Morgan fingerprint density at radius 2 is 1.23 bits per heavy atom. The van der Waals surface area contributed by atoms with E-state index >= 15 is 0 Å². The predicted octanol–water partition coefficient (Wildman–Crippen LogP) is 15.6. The smallest absolute Gasteiger partial charge is 0.0541 e. The minimum absolute atomic E-state index is 1.03. The molecule has 0 aliphatic heterocycles. The van der Waals surface area contributed by atoms with E-state index in [2.05, 4.69) is 222 Å². The molecule has 3 aromatic heterocycles. The van der Waals surface area contributed by atoms with Crippen molar-refractivity contribution in [1.29, 1.82) is 0 Å². The van der Waals surface area contributed by atoms with Gasteiger partial charge < -0.3 is 14.0 Å². The Morgan fingerprint density at radius 3 is 2.00 bits per heavy atom. The normalized spacial score (nSPS) is 12.4. The second kappa shape index (κ2) is 15.6. The van der Waals surface area contributed by atoms with Crippen molar-refractivity contribution in [2.24, 2.45) is 0 Å². The molecule has 1 aliphatic carbocycles. The third-order valence-electron chi connectivity index (χ3n) is 12.3. The van der Waals surface area contributed by atoms with Crippen molar-refractivity contribution in [3.8, 4) is 33.6 Å². The number of pyridine rings is 1. The molecule has 4 heteroatoms. The van der Waals surface area contributed by atoms with Crippen molar-refractivity contribution in [3.05, 3.63) is 223 Å². The molecular weight excluding hydrogens is 753 g/mol. The molecule has 11 rings (SSSR count). The van der Waals surface area contributed by atoms with Crippen LogP contribution in [0.5, 0.6) is 0 Å². The Labute approximate surface area is 362 Å². The summed E-state index contributed by atoms with van der Waals surface area (Å²) in [5, 5.41) is 4.90. The zero-order valence-corrected chi connectivity index (χ0v) is 34.6. The standard InChI is InChI=1S/C58H44N4/c1-3-17-54-49(4-2)51-23-10-13-26-56(51)61(54)47-35-42(36-48(37-47)62-57-27-14-11-24-52(57)53-25-12-15-28-58(53)62)44-34-43(38-59-39-44)40-30-32-46(33-31-40)60(45-20-6-5-7-21-45)55-29-16-19-41-18-8-9-22-50(41)55/h3-11,13-24,26-39H,2,12,25H2,1H3/b17-3-. The second-order valence-corrected chi connectivity index (χ2v) is 15.9. The van der Waals surface area contributed by atoms with Crippen molar-refractivity contribution in [2.75, 3.05) is 4.90 Å². The fourth-order valence-electron chi connectivity index (χ4n) is 9.55. The van der Waals surface area contributed by atoms with E-state index in [1.54, 1.807) is 0 Å². The first-order valence-electron chi connectivity index (χ1n) is 21.4. The summed E-state index contributed by atoms with van der Waals surface area (Å²) in [5.74, 6) is 0. The highest BCUT2D eigenvalue weighted by Crippen LogP contribution is 2.41. The molecule has 296 valence electrons. The van der Waals surface area contributed by atoms with Crippen LogP contribution < -0.4 is 4.90 Å². The molecule has 1 aliphatic rings. The van der Waals surface area contributed by atoms with Gasteiger partial charge in [0.05, 0.1) is 22.4 Å². The van der Waals surface area contributed by atoms with Gasteiger partial charge in [-0.2, -0.15) is 0 Å². The van der Waals surface area contributed by atoms with Gasteiger partial charge in [0.1, 0.15) is 0 Å². The Hall–Kier alpha value is -7.95. The van der Waals surface area contributed by atoms with E-state index in [0.29, 0.717) is 0 Å². The van der Waals surface area contributed by atoms with Crippen molar-refractivity contribution >= 4 is 67.9 Å². The van der Waals surface area contributed by atoms with Crippen LogP contribution in [0.4, 0.5) is 17.1 Å². The number of aryl methyl sites for hydroxylation is 1. The Kier molecular flexibility index (Phi) is 9.32. The summed E-state index contributed by atoms with van der Waals surface area (Å²) >= 11 is 0. The molecule has 4 nitrogen and oxygen atoms in total. The number of allylic oxidation sites excluding steroid dienone is 2. The molecule has 0 saturated heterocycles. The van der Waals surface area contributed by atoms with Gasteiger partial charge in [0.15, 0.2) is 0 Å². The van der Waals surface area contributed by atoms with Gasteiger partial charge in [-0.25, -0.2) is 0 Å². The lowest BCUT2D eigenvalue weighted by Crippen LogP contribution is -2.10. The van der Waals surface area contributed by atoms with Crippen LogP contribution in [0.2, 0.25) is 0 Å². The molecule has 3 heterocycles. The maximum atomic E-state index is 4.89. The van der Waals surface area contributed by atoms with Crippen molar-refractivity contribution in [2.45, 2.75) is 19.8 Å². The number of aromatic nitrogens is 3. The van der Waals surface area contributed by atoms with Gasteiger partial charge in [-0.05, 0) is 121 Å². The van der Waals surface area contributed by atoms with Crippen LogP contribution in [-0.4, -0.2) is 14.1 Å². The molecule has 0 saturated carbocycles. The Balaban J connectivity index is 1.07. The van der Waals surface area contributed by atoms with Crippen molar-refractivity contribution < 1.29 is 0 Å². The number of para-hydroxylation sites is 3. The molecule has 10 aromatic rings. The lowest BCUT2D eigenvalue weighted by Gasteiger charge is -2.27. The summed E-state index contributed by atoms with van der Waals surface area (Å²) in [4.78, 5) is 7.24. The average molecular weight is 797 g/mol. The summed E-state index contributed by atoms with van der Waals surface area (Å²) in [6, 6.07) is 61.4. The van der Waals surface area contributed by atoms with E-state index in [4.69, 9.17) is 4.98 Å². The number of hydrogen-bond acceptors (Lipinski definition) is 2. The third kappa shape index (κ3) is 6.27. The van der Waals surface area contributed by atoms with Gasteiger partial charge in [-0.15, -0.1) is 0 Å². The van der Waals surface area contributed by atoms with E-state index in [1.807, 2.05) is 18.5 Å². The summed E-state index contributed by atoms with van der Waals surface area (Å²) < 4.78 is 4.84. The van der Waals surface area contributed by atoms with Gasteiger partial charge in [-0.3, -0.25) is 4.98 Å².